The minimum atomic E-state index is 0.267. The maximum Gasteiger partial charge on any atom is 0.147 e. The van der Waals surface area contributed by atoms with Crippen molar-refractivity contribution in [1.29, 1.82) is 0 Å². The predicted molar refractivity (Wildman–Crippen MR) is 80.4 cm³/mol. The highest BCUT2D eigenvalue weighted by atomic mass is 15.3. The molecule has 5 heteroatoms. The van der Waals surface area contributed by atoms with E-state index < -0.39 is 0 Å². The molecule has 0 spiro atoms. The minimum absolute atomic E-state index is 0.267. The number of rotatable bonds is 5. The maximum atomic E-state index is 6.16. The molecule has 5 nitrogen and oxygen atoms in total. The van der Waals surface area contributed by atoms with Crippen molar-refractivity contribution in [1.82, 2.24) is 14.7 Å². The summed E-state index contributed by atoms with van der Waals surface area (Å²) >= 11 is 0. The number of aryl methyl sites for hydroxylation is 2. The van der Waals surface area contributed by atoms with Crippen LogP contribution in [0.5, 0.6) is 0 Å². The highest BCUT2D eigenvalue weighted by Crippen LogP contribution is 2.34. The van der Waals surface area contributed by atoms with E-state index in [0.717, 1.165) is 30.2 Å². The van der Waals surface area contributed by atoms with Crippen molar-refractivity contribution in [2.45, 2.75) is 44.6 Å². The van der Waals surface area contributed by atoms with E-state index in [1.807, 2.05) is 11.7 Å². The number of anilines is 2. The Morgan fingerprint density at radius 1 is 1.37 bits per heavy atom. The molecule has 3 N–H and O–H groups in total. The average Bonchev–Trinajstić information content (AvgIpc) is 2.94. The van der Waals surface area contributed by atoms with Gasteiger partial charge in [0.05, 0.1) is 11.4 Å². The van der Waals surface area contributed by atoms with Gasteiger partial charge in [0.2, 0.25) is 0 Å². The molecule has 1 aliphatic rings. The molecule has 1 aromatic rings. The summed E-state index contributed by atoms with van der Waals surface area (Å²) in [4.78, 5) is 2.36. The summed E-state index contributed by atoms with van der Waals surface area (Å²) in [6, 6.07) is 0. The molecule has 2 rings (SSSR count). The van der Waals surface area contributed by atoms with E-state index in [1.54, 1.807) is 0 Å². The number of nitrogen functional groups attached to an aromatic ring is 1. The first-order chi connectivity index (χ1) is 9.00. The molecule has 1 aromatic heterocycles. The van der Waals surface area contributed by atoms with Gasteiger partial charge in [0, 0.05) is 19.1 Å². The van der Waals surface area contributed by atoms with Crippen molar-refractivity contribution in [3.63, 3.8) is 0 Å². The van der Waals surface area contributed by atoms with Gasteiger partial charge in [-0.2, -0.15) is 5.10 Å². The van der Waals surface area contributed by atoms with Crippen LogP contribution in [0.15, 0.2) is 0 Å². The molecule has 1 fully saturated rings. The van der Waals surface area contributed by atoms with Crippen LogP contribution in [0.1, 0.15) is 38.3 Å². The van der Waals surface area contributed by atoms with Gasteiger partial charge >= 0.3 is 0 Å². The molecule has 0 radical (unpaired) electrons. The van der Waals surface area contributed by atoms with E-state index in [4.69, 9.17) is 5.73 Å². The van der Waals surface area contributed by atoms with Crippen LogP contribution in [0.4, 0.5) is 11.5 Å². The van der Waals surface area contributed by atoms with Crippen LogP contribution in [-0.4, -0.2) is 40.9 Å². The van der Waals surface area contributed by atoms with Crippen molar-refractivity contribution in [3.05, 3.63) is 5.69 Å². The first kappa shape index (κ1) is 14.2. The van der Waals surface area contributed by atoms with Crippen LogP contribution in [0.25, 0.3) is 0 Å². The number of nitrogens with two attached hydrogens (primary N) is 1. The molecular formula is C14H27N5. The van der Waals surface area contributed by atoms with Gasteiger partial charge in [-0.15, -0.1) is 0 Å². The van der Waals surface area contributed by atoms with Crippen molar-refractivity contribution < 1.29 is 0 Å². The Labute approximate surface area is 116 Å². The number of nitrogens with zero attached hydrogens (tertiary/aromatic N) is 3. The van der Waals surface area contributed by atoms with Crippen LogP contribution < -0.4 is 11.1 Å². The average molecular weight is 265 g/mol. The third kappa shape index (κ3) is 2.56. The monoisotopic (exact) mass is 265 g/mol. The number of hydrogen-bond donors (Lipinski definition) is 2. The molecule has 1 aliphatic carbocycles. The zero-order valence-corrected chi connectivity index (χ0v) is 12.7. The lowest BCUT2D eigenvalue weighted by atomic mass is 9.96. The topological polar surface area (TPSA) is 59.1 Å². The molecule has 0 unspecified atom stereocenters. The van der Waals surface area contributed by atoms with Gasteiger partial charge in [0.15, 0.2) is 0 Å². The molecule has 0 saturated heterocycles. The third-order valence-electron chi connectivity index (χ3n) is 4.56. The molecule has 0 amide bonds. The molecule has 1 heterocycles. The fraction of sp³-hybridized carbons (Fsp3) is 0.786. The van der Waals surface area contributed by atoms with Crippen LogP contribution >= 0.6 is 0 Å². The Kier molecular flexibility index (Phi) is 4.04. The molecule has 0 aliphatic heterocycles. The zero-order chi connectivity index (χ0) is 14.0. The number of hydrogen-bond acceptors (Lipinski definition) is 4. The van der Waals surface area contributed by atoms with Gasteiger partial charge in [0.25, 0.3) is 0 Å². The Bertz CT molecular complexity index is 429. The fourth-order valence-electron chi connectivity index (χ4n) is 3.13. The standard InChI is InChI=1S/C14H27N5/c1-5-11-12(15)13(19(4)17-11)16-10-14(18(2)3)8-6-7-9-14/h16H,5-10,15H2,1-4H3. The molecule has 108 valence electrons. The lowest BCUT2D eigenvalue weighted by Crippen LogP contribution is -2.47. The Morgan fingerprint density at radius 2 is 2.00 bits per heavy atom. The summed E-state index contributed by atoms with van der Waals surface area (Å²) in [6.07, 6.45) is 6.03. The van der Waals surface area contributed by atoms with E-state index in [-0.39, 0.29) is 5.54 Å². The molecule has 19 heavy (non-hydrogen) atoms. The third-order valence-corrected chi connectivity index (χ3v) is 4.56. The fourth-order valence-corrected chi connectivity index (χ4v) is 3.13. The van der Waals surface area contributed by atoms with Gasteiger partial charge in [-0.1, -0.05) is 19.8 Å². The normalized spacial score (nSPS) is 18.2. The second-order valence-corrected chi connectivity index (χ2v) is 5.87. The Hall–Kier alpha value is -1.23. The predicted octanol–water partition coefficient (Wildman–Crippen LogP) is 1.85. The quantitative estimate of drug-likeness (QED) is 0.853. The van der Waals surface area contributed by atoms with E-state index in [2.05, 4.69) is 36.3 Å². The SMILES string of the molecule is CCc1nn(C)c(NCC2(N(C)C)CCCC2)c1N. The molecule has 0 aromatic carbocycles. The smallest absolute Gasteiger partial charge is 0.147 e. The summed E-state index contributed by atoms with van der Waals surface area (Å²) in [7, 11) is 6.31. The van der Waals surface area contributed by atoms with Crippen molar-refractivity contribution in [2.75, 3.05) is 31.7 Å². The lowest BCUT2D eigenvalue weighted by Gasteiger charge is -2.36. The molecule has 1 saturated carbocycles. The second-order valence-electron chi connectivity index (χ2n) is 5.87. The van der Waals surface area contributed by atoms with Crippen LogP contribution in [0, 0.1) is 0 Å². The number of nitrogens with one attached hydrogen (secondary N) is 1. The van der Waals surface area contributed by atoms with Crippen LogP contribution in [-0.2, 0) is 13.5 Å². The van der Waals surface area contributed by atoms with Crippen LogP contribution in [0.3, 0.4) is 0 Å². The second kappa shape index (κ2) is 5.41. The van der Waals surface area contributed by atoms with E-state index in [0.29, 0.717) is 0 Å². The minimum Gasteiger partial charge on any atom is -0.394 e. The van der Waals surface area contributed by atoms with Gasteiger partial charge < -0.3 is 16.0 Å². The largest absolute Gasteiger partial charge is 0.394 e. The number of likely N-dealkylation sites (N-methyl/N-ethyl adjacent to an activating group) is 1. The van der Waals surface area contributed by atoms with Crippen molar-refractivity contribution in [3.8, 4) is 0 Å². The summed E-state index contributed by atoms with van der Waals surface area (Å²) in [5, 5.41) is 7.99. The van der Waals surface area contributed by atoms with E-state index in [1.165, 1.54) is 25.7 Å². The highest BCUT2D eigenvalue weighted by Gasteiger charge is 2.36. The summed E-state index contributed by atoms with van der Waals surface area (Å²) < 4.78 is 1.87. The number of aromatic nitrogens is 2. The lowest BCUT2D eigenvalue weighted by molar-refractivity contribution is 0.172. The molecular weight excluding hydrogens is 238 g/mol. The highest BCUT2D eigenvalue weighted by molar-refractivity contribution is 5.65. The van der Waals surface area contributed by atoms with Gasteiger partial charge in [-0.05, 0) is 33.4 Å². The zero-order valence-electron chi connectivity index (χ0n) is 12.7. The summed E-state index contributed by atoms with van der Waals surface area (Å²) in [5.41, 5.74) is 8.21. The van der Waals surface area contributed by atoms with E-state index >= 15 is 0 Å². The molecule has 0 bridgehead atoms. The van der Waals surface area contributed by atoms with Crippen LogP contribution in [0.2, 0.25) is 0 Å². The summed E-state index contributed by atoms with van der Waals surface area (Å²) in [5.74, 6) is 0.963. The Morgan fingerprint density at radius 3 is 2.47 bits per heavy atom. The van der Waals surface area contributed by atoms with Crippen molar-refractivity contribution >= 4 is 11.5 Å². The molecule has 0 atom stereocenters. The van der Waals surface area contributed by atoms with Gasteiger partial charge in [0.1, 0.15) is 5.82 Å². The van der Waals surface area contributed by atoms with Crippen molar-refractivity contribution in [2.24, 2.45) is 7.05 Å². The maximum absolute atomic E-state index is 6.16. The first-order valence-corrected chi connectivity index (χ1v) is 7.23. The Balaban J connectivity index is 2.11. The van der Waals surface area contributed by atoms with E-state index in [9.17, 15) is 0 Å². The van der Waals surface area contributed by atoms with Gasteiger partial charge in [-0.25, -0.2) is 0 Å². The van der Waals surface area contributed by atoms with Gasteiger partial charge in [-0.3, -0.25) is 4.68 Å². The summed E-state index contributed by atoms with van der Waals surface area (Å²) in [6.45, 7) is 3.02. The first-order valence-electron chi connectivity index (χ1n) is 7.23.